The fourth-order valence-corrected chi connectivity index (χ4v) is 1.75. The molecule has 0 fully saturated rings. The number of rotatable bonds is 3. The Kier molecular flexibility index (Phi) is 4.85. The van der Waals surface area contributed by atoms with Gasteiger partial charge in [0.25, 0.3) is 0 Å². The summed E-state index contributed by atoms with van der Waals surface area (Å²) in [5, 5.41) is 1.33. The molecular formula is C9H4BrCl2F4NO. The van der Waals surface area contributed by atoms with Gasteiger partial charge in [0.05, 0.1) is 15.7 Å². The Hall–Kier alpha value is -0.530. The van der Waals surface area contributed by atoms with Crippen LogP contribution in [0.3, 0.4) is 0 Å². The molecule has 0 saturated heterocycles. The van der Waals surface area contributed by atoms with Crippen molar-refractivity contribution in [3.05, 3.63) is 26.7 Å². The van der Waals surface area contributed by atoms with Crippen LogP contribution in [0.4, 0.5) is 23.2 Å². The van der Waals surface area contributed by atoms with Gasteiger partial charge in [0.1, 0.15) is 0 Å². The van der Waals surface area contributed by atoms with Gasteiger partial charge in [-0.2, -0.15) is 8.78 Å². The minimum absolute atomic E-state index is 0.0326. The van der Waals surface area contributed by atoms with Crippen molar-refractivity contribution in [2.45, 2.75) is 12.3 Å². The molecule has 0 atom stereocenters. The van der Waals surface area contributed by atoms with Crippen molar-refractivity contribution in [1.29, 1.82) is 0 Å². The van der Waals surface area contributed by atoms with Gasteiger partial charge in [0, 0.05) is 4.47 Å². The van der Waals surface area contributed by atoms with Crippen LogP contribution >= 0.6 is 39.1 Å². The van der Waals surface area contributed by atoms with Crippen LogP contribution in [0.5, 0.6) is 0 Å². The molecule has 9 heteroatoms. The first-order valence-corrected chi connectivity index (χ1v) is 5.83. The molecule has 0 aliphatic heterocycles. The van der Waals surface area contributed by atoms with Crippen molar-refractivity contribution < 1.29 is 22.4 Å². The summed E-state index contributed by atoms with van der Waals surface area (Å²) in [5.41, 5.74) is -0.282. The maximum atomic E-state index is 12.7. The Morgan fingerprint density at radius 2 is 1.83 bits per heavy atom. The molecule has 0 aromatic heterocycles. The number of hydrogen-bond donors (Lipinski definition) is 1. The van der Waals surface area contributed by atoms with E-state index >= 15 is 0 Å². The molecule has 18 heavy (non-hydrogen) atoms. The number of anilines is 1. The third kappa shape index (κ3) is 3.07. The molecule has 1 amide bonds. The lowest BCUT2D eigenvalue weighted by atomic mass is 10.2. The van der Waals surface area contributed by atoms with Crippen LogP contribution < -0.4 is 5.32 Å². The van der Waals surface area contributed by atoms with Crippen molar-refractivity contribution in [3.8, 4) is 0 Å². The van der Waals surface area contributed by atoms with Gasteiger partial charge >= 0.3 is 18.3 Å². The summed E-state index contributed by atoms with van der Waals surface area (Å²) in [5.74, 6) is -6.96. The molecule has 0 spiro atoms. The summed E-state index contributed by atoms with van der Waals surface area (Å²) < 4.78 is 49.6. The van der Waals surface area contributed by atoms with E-state index in [1.807, 2.05) is 0 Å². The number of carbonyl (C=O) groups excluding carboxylic acids is 1. The van der Waals surface area contributed by atoms with E-state index in [1.54, 1.807) is 5.32 Å². The van der Waals surface area contributed by atoms with E-state index < -0.39 is 18.3 Å². The Bertz CT molecular complexity index is 484. The second-order valence-corrected chi connectivity index (χ2v) is 4.71. The molecule has 0 aliphatic rings. The molecule has 0 radical (unpaired) electrons. The summed E-state index contributed by atoms with van der Waals surface area (Å²) in [6.07, 6.45) is -4.11. The molecule has 0 unspecified atom stereocenters. The zero-order chi connectivity index (χ0) is 14.1. The van der Waals surface area contributed by atoms with Gasteiger partial charge in [-0.25, -0.2) is 8.78 Å². The number of nitrogens with one attached hydrogen (secondary N) is 1. The highest BCUT2D eigenvalue weighted by Gasteiger charge is 2.49. The smallest absolute Gasteiger partial charge is 0.319 e. The van der Waals surface area contributed by atoms with Gasteiger partial charge in [-0.15, -0.1) is 0 Å². The van der Waals surface area contributed by atoms with Crippen molar-refractivity contribution in [1.82, 2.24) is 0 Å². The van der Waals surface area contributed by atoms with Crippen molar-refractivity contribution in [2.75, 3.05) is 5.32 Å². The second-order valence-electron chi connectivity index (χ2n) is 3.10. The number of carbonyl (C=O) groups is 1. The summed E-state index contributed by atoms with van der Waals surface area (Å²) in [6, 6.07) is 2.47. The maximum Gasteiger partial charge on any atom is 0.383 e. The molecule has 1 aromatic carbocycles. The molecule has 1 rings (SSSR count). The Morgan fingerprint density at radius 1 is 1.28 bits per heavy atom. The van der Waals surface area contributed by atoms with Crippen molar-refractivity contribution in [2.24, 2.45) is 0 Å². The van der Waals surface area contributed by atoms with Gasteiger partial charge in [-0.1, -0.05) is 23.2 Å². The first-order valence-electron chi connectivity index (χ1n) is 4.28. The summed E-state index contributed by atoms with van der Waals surface area (Å²) in [7, 11) is 0. The van der Waals surface area contributed by atoms with Crippen molar-refractivity contribution in [3.63, 3.8) is 0 Å². The van der Waals surface area contributed by atoms with E-state index in [1.165, 1.54) is 6.07 Å². The largest absolute Gasteiger partial charge is 0.383 e. The second kappa shape index (κ2) is 5.63. The summed E-state index contributed by atoms with van der Waals surface area (Å²) in [6.45, 7) is 0. The quantitative estimate of drug-likeness (QED) is 0.613. The normalized spacial score (nSPS) is 11.8. The molecule has 0 bridgehead atoms. The fraction of sp³-hybridized carbons (Fsp3) is 0.222. The van der Waals surface area contributed by atoms with Gasteiger partial charge in [0.2, 0.25) is 0 Å². The van der Waals surface area contributed by atoms with E-state index in [4.69, 9.17) is 23.2 Å². The topological polar surface area (TPSA) is 29.1 Å². The first-order chi connectivity index (χ1) is 8.17. The summed E-state index contributed by atoms with van der Waals surface area (Å²) in [4.78, 5) is 11.0. The van der Waals surface area contributed by atoms with Gasteiger partial charge in [-0.3, -0.25) is 4.79 Å². The lowest BCUT2D eigenvalue weighted by Gasteiger charge is -2.16. The average Bonchev–Trinajstić information content (AvgIpc) is 2.29. The SMILES string of the molecule is O=C(Nc1ccc(Br)c(Cl)c1Cl)C(F)(F)C(F)F. The van der Waals surface area contributed by atoms with Crippen molar-refractivity contribution >= 4 is 50.7 Å². The van der Waals surface area contributed by atoms with Crippen LogP contribution in [0, 0.1) is 0 Å². The number of alkyl halides is 4. The molecular weight excluding hydrogens is 365 g/mol. The highest BCUT2D eigenvalue weighted by atomic mass is 79.9. The number of amides is 1. The minimum Gasteiger partial charge on any atom is -0.319 e. The van der Waals surface area contributed by atoms with Crippen LogP contribution in [0.2, 0.25) is 10.0 Å². The predicted octanol–water partition coefficient (Wildman–Crippen LogP) is 4.59. The molecule has 2 nitrogen and oxygen atoms in total. The Morgan fingerprint density at radius 3 is 2.33 bits per heavy atom. The van der Waals surface area contributed by atoms with E-state index in [2.05, 4.69) is 15.9 Å². The van der Waals surface area contributed by atoms with Gasteiger partial charge < -0.3 is 5.32 Å². The zero-order valence-corrected chi connectivity index (χ0v) is 11.4. The van der Waals surface area contributed by atoms with E-state index in [0.717, 1.165) is 6.07 Å². The van der Waals surface area contributed by atoms with E-state index in [0.29, 0.717) is 4.47 Å². The van der Waals surface area contributed by atoms with Crippen LogP contribution in [-0.2, 0) is 4.79 Å². The molecule has 1 aromatic rings. The first kappa shape index (κ1) is 15.5. The highest BCUT2D eigenvalue weighted by Crippen LogP contribution is 2.36. The lowest BCUT2D eigenvalue weighted by Crippen LogP contribution is -2.41. The van der Waals surface area contributed by atoms with Crippen LogP contribution in [0.1, 0.15) is 0 Å². The van der Waals surface area contributed by atoms with Gasteiger partial charge in [-0.05, 0) is 28.1 Å². The molecule has 0 saturated carbocycles. The third-order valence-electron chi connectivity index (χ3n) is 1.86. The van der Waals surface area contributed by atoms with E-state index in [-0.39, 0.29) is 15.7 Å². The Labute approximate surface area is 117 Å². The minimum atomic E-state index is -4.80. The average molecular weight is 369 g/mol. The lowest BCUT2D eigenvalue weighted by molar-refractivity contribution is -0.163. The third-order valence-corrected chi connectivity index (χ3v) is 3.63. The van der Waals surface area contributed by atoms with E-state index in [9.17, 15) is 22.4 Å². The standard InChI is InChI=1S/C9H4BrCl2F4NO/c10-3-1-2-4(6(12)5(3)11)17-8(18)9(15,16)7(13)14/h1-2,7H,(H,17,18). The number of hydrogen-bond acceptors (Lipinski definition) is 1. The fourth-order valence-electron chi connectivity index (χ4n) is 0.927. The number of benzene rings is 1. The molecule has 100 valence electrons. The van der Waals surface area contributed by atoms with Crippen LogP contribution in [-0.4, -0.2) is 18.3 Å². The summed E-state index contributed by atoms with van der Waals surface area (Å²) >= 11 is 14.4. The molecule has 0 heterocycles. The molecule has 0 aliphatic carbocycles. The van der Waals surface area contributed by atoms with Crippen LogP contribution in [0.15, 0.2) is 16.6 Å². The number of halogens is 7. The van der Waals surface area contributed by atoms with Gasteiger partial charge in [0.15, 0.2) is 0 Å². The maximum absolute atomic E-state index is 12.7. The highest BCUT2D eigenvalue weighted by molar-refractivity contribution is 9.10. The Balaban J connectivity index is 3.00. The predicted molar refractivity (Wildman–Crippen MR) is 63.7 cm³/mol. The zero-order valence-electron chi connectivity index (χ0n) is 8.29. The van der Waals surface area contributed by atoms with Crippen LogP contribution in [0.25, 0.3) is 0 Å². The monoisotopic (exact) mass is 367 g/mol. The molecule has 1 N–H and O–H groups in total.